The Labute approximate surface area is 169 Å². The Morgan fingerprint density at radius 3 is 2.50 bits per heavy atom. The van der Waals surface area contributed by atoms with Crippen LogP contribution in [0.4, 0.5) is 5.69 Å². The molecule has 2 aliphatic heterocycles. The van der Waals surface area contributed by atoms with Crippen LogP contribution in [-0.2, 0) is 16.0 Å². The van der Waals surface area contributed by atoms with Crippen LogP contribution in [0.15, 0.2) is 48.5 Å². The smallest absolute Gasteiger partial charge is 0.264 e. The summed E-state index contributed by atoms with van der Waals surface area (Å²) >= 11 is 6.08. The first-order chi connectivity index (χ1) is 13.6. The number of hydrogen-bond acceptors (Lipinski definition) is 4. The van der Waals surface area contributed by atoms with Crippen molar-refractivity contribution in [2.75, 3.05) is 38.0 Å². The van der Waals surface area contributed by atoms with Crippen molar-refractivity contribution >= 4 is 29.1 Å². The van der Waals surface area contributed by atoms with Gasteiger partial charge in [-0.1, -0.05) is 41.9 Å². The minimum atomic E-state index is -0.438. The summed E-state index contributed by atoms with van der Waals surface area (Å²) in [7, 11) is 0. The highest BCUT2D eigenvalue weighted by Crippen LogP contribution is 2.29. The van der Waals surface area contributed by atoms with E-state index in [1.54, 1.807) is 12.1 Å². The number of halogens is 1. The van der Waals surface area contributed by atoms with Crippen molar-refractivity contribution in [3.63, 3.8) is 0 Å². The molecule has 146 valence electrons. The molecule has 2 heterocycles. The average Bonchev–Trinajstić information content (AvgIpc) is 3.14. The summed E-state index contributed by atoms with van der Waals surface area (Å²) in [6, 6.07) is 14.9. The lowest BCUT2D eigenvalue weighted by Crippen LogP contribution is -2.53. The molecule has 1 atom stereocenters. The van der Waals surface area contributed by atoms with E-state index < -0.39 is 6.10 Å². The molecule has 2 amide bonds. The zero-order chi connectivity index (χ0) is 19.5. The quantitative estimate of drug-likeness (QED) is 0.857. The van der Waals surface area contributed by atoms with Crippen molar-refractivity contribution in [2.45, 2.75) is 12.5 Å². The number of benzene rings is 2. The van der Waals surface area contributed by atoms with Crippen LogP contribution in [0.2, 0.25) is 5.02 Å². The SMILES string of the molecule is O=C(CN1CCN(C(=O)[C@H]2Cc3ccccc3O2)CC1)Nc1ccccc1Cl. The molecule has 6 nitrogen and oxygen atoms in total. The van der Waals surface area contributed by atoms with Crippen LogP contribution in [0.3, 0.4) is 0 Å². The average molecular weight is 400 g/mol. The highest BCUT2D eigenvalue weighted by Gasteiger charge is 2.33. The van der Waals surface area contributed by atoms with E-state index in [2.05, 4.69) is 5.32 Å². The number of piperazine rings is 1. The number of para-hydroxylation sites is 2. The van der Waals surface area contributed by atoms with Gasteiger partial charge < -0.3 is 15.0 Å². The molecular formula is C21H22ClN3O3. The second-order valence-corrected chi connectivity index (χ2v) is 7.45. The number of anilines is 1. The van der Waals surface area contributed by atoms with Crippen molar-refractivity contribution < 1.29 is 14.3 Å². The maximum Gasteiger partial charge on any atom is 0.264 e. The third-order valence-corrected chi connectivity index (χ3v) is 5.45. The number of nitrogens with zero attached hydrogens (tertiary/aromatic N) is 2. The van der Waals surface area contributed by atoms with Crippen LogP contribution >= 0.6 is 11.6 Å². The zero-order valence-electron chi connectivity index (χ0n) is 15.4. The topological polar surface area (TPSA) is 61.9 Å². The van der Waals surface area contributed by atoms with Gasteiger partial charge in [-0.3, -0.25) is 14.5 Å². The number of ether oxygens (including phenoxy) is 1. The maximum absolute atomic E-state index is 12.8. The van der Waals surface area contributed by atoms with Gasteiger partial charge in [0.1, 0.15) is 5.75 Å². The molecule has 7 heteroatoms. The molecule has 0 bridgehead atoms. The van der Waals surface area contributed by atoms with E-state index in [1.807, 2.05) is 46.2 Å². The molecule has 4 rings (SSSR count). The van der Waals surface area contributed by atoms with Gasteiger partial charge >= 0.3 is 0 Å². The second-order valence-electron chi connectivity index (χ2n) is 7.05. The van der Waals surface area contributed by atoms with Crippen LogP contribution in [-0.4, -0.2) is 60.4 Å². The van der Waals surface area contributed by atoms with E-state index in [9.17, 15) is 9.59 Å². The fourth-order valence-electron chi connectivity index (χ4n) is 3.61. The van der Waals surface area contributed by atoms with Crippen molar-refractivity contribution in [3.8, 4) is 5.75 Å². The van der Waals surface area contributed by atoms with Gasteiger partial charge in [-0.25, -0.2) is 0 Å². The fourth-order valence-corrected chi connectivity index (χ4v) is 3.79. The molecule has 0 unspecified atom stereocenters. The molecule has 1 saturated heterocycles. The standard InChI is InChI=1S/C21H22ClN3O3/c22-16-6-2-3-7-17(16)23-20(26)14-24-9-11-25(12-10-24)21(27)19-13-15-5-1-4-8-18(15)28-19/h1-8,19H,9-14H2,(H,23,26)/t19-/m1/s1. The number of hydrogen-bond donors (Lipinski definition) is 1. The number of rotatable bonds is 4. The van der Waals surface area contributed by atoms with E-state index in [-0.39, 0.29) is 18.4 Å². The summed E-state index contributed by atoms with van der Waals surface area (Å²) in [6.07, 6.45) is 0.183. The Balaban J connectivity index is 1.25. The van der Waals surface area contributed by atoms with E-state index >= 15 is 0 Å². The molecule has 28 heavy (non-hydrogen) atoms. The van der Waals surface area contributed by atoms with Gasteiger partial charge in [0.2, 0.25) is 5.91 Å². The van der Waals surface area contributed by atoms with Crippen LogP contribution in [0.1, 0.15) is 5.56 Å². The highest BCUT2D eigenvalue weighted by molar-refractivity contribution is 6.33. The lowest BCUT2D eigenvalue weighted by atomic mass is 10.1. The molecule has 0 aromatic heterocycles. The van der Waals surface area contributed by atoms with Crippen LogP contribution < -0.4 is 10.1 Å². The van der Waals surface area contributed by atoms with Crippen molar-refractivity contribution in [3.05, 3.63) is 59.1 Å². The molecule has 1 N–H and O–H groups in total. The van der Waals surface area contributed by atoms with Crippen LogP contribution in [0.5, 0.6) is 5.75 Å². The molecule has 2 aromatic carbocycles. The van der Waals surface area contributed by atoms with Crippen LogP contribution in [0, 0.1) is 0 Å². The van der Waals surface area contributed by atoms with E-state index in [0.29, 0.717) is 43.3 Å². The summed E-state index contributed by atoms with van der Waals surface area (Å²) in [5.74, 6) is 0.717. The Morgan fingerprint density at radius 1 is 1.04 bits per heavy atom. The number of carbonyl (C=O) groups excluding carboxylic acids is 2. The van der Waals surface area contributed by atoms with Gasteiger partial charge in [0.25, 0.3) is 5.91 Å². The summed E-state index contributed by atoms with van der Waals surface area (Å²) in [5, 5.41) is 3.35. The summed E-state index contributed by atoms with van der Waals surface area (Å²) < 4.78 is 5.81. The Kier molecular flexibility index (Phi) is 5.50. The minimum Gasteiger partial charge on any atom is -0.480 e. The molecule has 2 aliphatic rings. The van der Waals surface area contributed by atoms with E-state index in [1.165, 1.54) is 0 Å². The molecule has 0 spiro atoms. The van der Waals surface area contributed by atoms with Crippen molar-refractivity contribution in [1.82, 2.24) is 9.80 Å². The molecule has 0 aliphatic carbocycles. The molecule has 2 aromatic rings. The number of fused-ring (bicyclic) bond motifs is 1. The monoisotopic (exact) mass is 399 g/mol. The highest BCUT2D eigenvalue weighted by atomic mass is 35.5. The minimum absolute atomic E-state index is 0.0244. The third kappa shape index (κ3) is 4.13. The van der Waals surface area contributed by atoms with E-state index in [0.717, 1.165) is 11.3 Å². The predicted molar refractivity (Wildman–Crippen MR) is 108 cm³/mol. The van der Waals surface area contributed by atoms with Crippen molar-refractivity contribution in [2.24, 2.45) is 0 Å². The second kappa shape index (κ2) is 8.20. The summed E-state index contributed by atoms with van der Waals surface area (Å²) in [4.78, 5) is 28.9. The van der Waals surface area contributed by atoms with Gasteiger partial charge in [0.05, 0.1) is 17.3 Å². The Morgan fingerprint density at radius 2 is 1.75 bits per heavy atom. The number of carbonyl (C=O) groups is 2. The lowest BCUT2D eigenvalue weighted by molar-refractivity contribution is -0.139. The summed E-state index contributed by atoms with van der Waals surface area (Å²) in [5.41, 5.74) is 1.69. The normalized spacial score (nSPS) is 19.0. The number of nitrogens with one attached hydrogen (secondary N) is 1. The molecule has 0 radical (unpaired) electrons. The largest absolute Gasteiger partial charge is 0.480 e. The van der Waals surface area contributed by atoms with E-state index in [4.69, 9.17) is 16.3 Å². The Bertz CT molecular complexity index is 856. The van der Waals surface area contributed by atoms with Crippen molar-refractivity contribution in [1.29, 1.82) is 0 Å². The zero-order valence-corrected chi connectivity index (χ0v) is 16.2. The first-order valence-corrected chi connectivity index (χ1v) is 9.78. The molecule has 0 saturated carbocycles. The van der Waals surface area contributed by atoms with Crippen LogP contribution in [0.25, 0.3) is 0 Å². The predicted octanol–water partition coefficient (Wildman–Crippen LogP) is 2.43. The number of amides is 2. The maximum atomic E-state index is 12.8. The third-order valence-electron chi connectivity index (χ3n) is 5.12. The lowest BCUT2D eigenvalue weighted by Gasteiger charge is -2.35. The van der Waals surface area contributed by atoms with Gasteiger partial charge in [-0.05, 0) is 23.8 Å². The van der Waals surface area contributed by atoms with Gasteiger partial charge in [0, 0.05) is 32.6 Å². The first-order valence-electron chi connectivity index (χ1n) is 9.40. The van der Waals surface area contributed by atoms with Gasteiger partial charge in [-0.15, -0.1) is 0 Å². The van der Waals surface area contributed by atoms with Gasteiger partial charge in [0.15, 0.2) is 6.10 Å². The Hall–Kier alpha value is -2.57. The fraction of sp³-hybridized carbons (Fsp3) is 0.333. The summed E-state index contributed by atoms with van der Waals surface area (Å²) in [6.45, 7) is 2.77. The molecule has 1 fully saturated rings. The van der Waals surface area contributed by atoms with Gasteiger partial charge in [-0.2, -0.15) is 0 Å². The first kappa shape index (κ1) is 18.8. The molecular weight excluding hydrogens is 378 g/mol.